The van der Waals surface area contributed by atoms with Crippen molar-refractivity contribution in [3.63, 3.8) is 0 Å². The first kappa shape index (κ1) is 16.1. The number of rotatable bonds is 4. The summed E-state index contributed by atoms with van der Waals surface area (Å²) in [6.07, 6.45) is 4.19. The van der Waals surface area contributed by atoms with Crippen molar-refractivity contribution in [2.75, 3.05) is 4.90 Å². The van der Waals surface area contributed by atoms with Crippen molar-refractivity contribution in [3.05, 3.63) is 95.6 Å². The van der Waals surface area contributed by atoms with Gasteiger partial charge in [-0.3, -0.25) is 0 Å². The van der Waals surface area contributed by atoms with Crippen molar-refractivity contribution in [1.29, 1.82) is 0 Å². The van der Waals surface area contributed by atoms with Crippen molar-refractivity contribution < 1.29 is 0 Å². The van der Waals surface area contributed by atoms with Crippen molar-refractivity contribution in [2.45, 2.75) is 20.8 Å². The Morgan fingerprint density at radius 2 is 1.25 bits per heavy atom. The van der Waals surface area contributed by atoms with Crippen LogP contribution in [0.4, 0.5) is 17.1 Å². The monoisotopic (exact) mass is 313 g/mol. The Kier molecular flexibility index (Phi) is 4.81. The van der Waals surface area contributed by atoms with Crippen molar-refractivity contribution in [2.24, 2.45) is 0 Å². The third-order valence-electron chi connectivity index (χ3n) is 4.19. The molecule has 1 nitrogen and oxygen atoms in total. The van der Waals surface area contributed by atoms with E-state index in [2.05, 4.69) is 104 Å². The van der Waals surface area contributed by atoms with Crippen LogP contribution in [0.25, 0.3) is 6.08 Å². The average Bonchev–Trinajstić information content (AvgIpc) is 2.60. The summed E-state index contributed by atoms with van der Waals surface area (Å²) in [5, 5.41) is 0. The Bertz CT molecular complexity index is 809. The lowest BCUT2D eigenvalue weighted by Crippen LogP contribution is -2.12. The van der Waals surface area contributed by atoms with Gasteiger partial charge in [0.25, 0.3) is 0 Å². The predicted octanol–water partition coefficient (Wildman–Crippen LogP) is 6.81. The zero-order chi connectivity index (χ0) is 16.9. The van der Waals surface area contributed by atoms with Gasteiger partial charge in [-0.25, -0.2) is 0 Å². The number of hydrogen-bond acceptors (Lipinski definition) is 1. The molecule has 0 fully saturated rings. The lowest BCUT2D eigenvalue weighted by molar-refractivity contribution is 1.22. The Hall–Kier alpha value is -2.80. The minimum atomic E-state index is 1.17. The van der Waals surface area contributed by atoms with Crippen LogP contribution in [-0.2, 0) is 0 Å². The summed E-state index contributed by atoms with van der Waals surface area (Å²) >= 11 is 0. The average molecular weight is 313 g/mol. The minimum Gasteiger partial charge on any atom is -0.310 e. The number of allylic oxidation sites excluding steroid dienone is 1. The number of anilines is 3. The fraction of sp³-hybridized carbons (Fsp3) is 0.130. The minimum absolute atomic E-state index is 1.17. The Morgan fingerprint density at radius 3 is 1.83 bits per heavy atom. The zero-order valence-electron chi connectivity index (χ0n) is 14.5. The maximum atomic E-state index is 2.34. The summed E-state index contributed by atoms with van der Waals surface area (Å²) in [4.78, 5) is 2.34. The molecule has 1 heteroatoms. The van der Waals surface area contributed by atoms with Crippen LogP contribution in [0, 0.1) is 13.8 Å². The molecule has 3 aromatic carbocycles. The maximum absolute atomic E-state index is 2.34. The highest BCUT2D eigenvalue weighted by molar-refractivity contribution is 5.80. The Labute approximate surface area is 144 Å². The molecule has 3 rings (SSSR count). The summed E-state index contributed by atoms with van der Waals surface area (Å²) < 4.78 is 0. The largest absolute Gasteiger partial charge is 0.310 e. The van der Waals surface area contributed by atoms with Crippen LogP contribution >= 0.6 is 0 Å². The molecule has 24 heavy (non-hydrogen) atoms. The summed E-state index contributed by atoms with van der Waals surface area (Å²) in [7, 11) is 0. The molecule has 0 atom stereocenters. The second-order valence-electron chi connectivity index (χ2n) is 6.00. The first-order chi connectivity index (χ1) is 11.7. The molecular formula is C23H23N. The van der Waals surface area contributed by atoms with E-state index in [1.165, 1.54) is 33.8 Å². The van der Waals surface area contributed by atoms with Crippen LogP contribution in [0.5, 0.6) is 0 Å². The van der Waals surface area contributed by atoms with Gasteiger partial charge >= 0.3 is 0 Å². The Balaban J connectivity index is 2.16. The van der Waals surface area contributed by atoms with E-state index in [9.17, 15) is 0 Å². The van der Waals surface area contributed by atoms with Crippen molar-refractivity contribution >= 4 is 23.1 Å². The number of para-hydroxylation sites is 2. The normalized spacial score (nSPS) is 11.0. The maximum Gasteiger partial charge on any atom is 0.0519 e. The molecule has 0 saturated carbocycles. The molecule has 120 valence electrons. The number of benzene rings is 3. The fourth-order valence-electron chi connectivity index (χ4n) is 3.07. The molecule has 0 aromatic heterocycles. The molecule has 0 unspecified atom stereocenters. The molecule has 0 saturated heterocycles. The molecule has 0 aliphatic heterocycles. The molecule has 0 bridgehead atoms. The van der Waals surface area contributed by atoms with E-state index < -0.39 is 0 Å². The van der Waals surface area contributed by atoms with E-state index in [-0.39, 0.29) is 0 Å². The molecule has 0 spiro atoms. The quantitative estimate of drug-likeness (QED) is 0.511. The highest BCUT2D eigenvalue weighted by Crippen LogP contribution is 2.38. The second-order valence-corrected chi connectivity index (χ2v) is 6.00. The van der Waals surface area contributed by atoms with Gasteiger partial charge < -0.3 is 4.90 Å². The van der Waals surface area contributed by atoms with E-state index >= 15 is 0 Å². The van der Waals surface area contributed by atoms with E-state index in [0.29, 0.717) is 0 Å². The van der Waals surface area contributed by atoms with Crippen LogP contribution < -0.4 is 4.90 Å². The second kappa shape index (κ2) is 7.18. The van der Waals surface area contributed by atoms with E-state index in [1.807, 2.05) is 6.92 Å². The lowest BCUT2D eigenvalue weighted by Gasteiger charge is -2.28. The van der Waals surface area contributed by atoms with Crippen LogP contribution in [0.2, 0.25) is 0 Å². The van der Waals surface area contributed by atoms with E-state index in [4.69, 9.17) is 0 Å². The molecule has 3 aromatic rings. The van der Waals surface area contributed by atoms with Gasteiger partial charge in [0.1, 0.15) is 0 Å². The third-order valence-corrected chi connectivity index (χ3v) is 4.19. The summed E-state index contributed by atoms with van der Waals surface area (Å²) in [5.41, 5.74) is 7.37. The summed E-state index contributed by atoms with van der Waals surface area (Å²) in [6, 6.07) is 25.7. The molecule has 0 N–H and O–H groups in total. The number of aryl methyl sites for hydroxylation is 2. The van der Waals surface area contributed by atoms with E-state index in [0.717, 1.165) is 0 Å². The predicted molar refractivity (Wildman–Crippen MR) is 105 cm³/mol. The van der Waals surface area contributed by atoms with Crippen LogP contribution in [-0.4, -0.2) is 0 Å². The Morgan fingerprint density at radius 1 is 0.667 bits per heavy atom. The van der Waals surface area contributed by atoms with Crippen LogP contribution in [0.1, 0.15) is 23.6 Å². The molecule has 0 amide bonds. The van der Waals surface area contributed by atoms with Gasteiger partial charge in [-0.15, -0.1) is 0 Å². The lowest BCUT2D eigenvalue weighted by atomic mass is 10.1. The van der Waals surface area contributed by atoms with Gasteiger partial charge in [-0.2, -0.15) is 0 Å². The molecular weight excluding hydrogens is 290 g/mol. The van der Waals surface area contributed by atoms with Gasteiger partial charge in [0.05, 0.1) is 5.69 Å². The topological polar surface area (TPSA) is 3.24 Å². The highest BCUT2D eigenvalue weighted by atomic mass is 15.1. The first-order valence-corrected chi connectivity index (χ1v) is 8.35. The van der Waals surface area contributed by atoms with Gasteiger partial charge in [0.2, 0.25) is 0 Å². The van der Waals surface area contributed by atoms with Crippen LogP contribution in [0.15, 0.2) is 78.9 Å². The standard InChI is InChI=1S/C23H23N/c1-4-9-20-14-16-22(17-15-20)24(21-12-6-5-7-13-21)23-18(2)10-8-11-19(23)3/h4-17H,1-3H3. The molecule has 0 aliphatic carbocycles. The van der Waals surface area contributed by atoms with Gasteiger partial charge in [-0.1, -0.05) is 60.7 Å². The van der Waals surface area contributed by atoms with Gasteiger partial charge in [-0.05, 0) is 61.7 Å². The molecule has 0 radical (unpaired) electrons. The molecule has 0 heterocycles. The van der Waals surface area contributed by atoms with Gasteiger partial charge in [0, 0.05) is 11.4 Å². The fourth-order valence-corrected chi connectivity index (χ4v) is 3.07. The highest BCUT2D eigenvalue weighted by Gasteiger charge is 2.16. The number of nitrogens with zero attached hydrogens (tertiary/aromatic N) is 1. The van der Waals surface area contributed by atoms with Crippen LogP contribution in [0.3, 0.4) is 0 Å². The zero-order valence-corrected chi connectivity index (χ0v) is 14.5. The van der Waals surface area contributed by atoms with E-state index in [1.54, 1.807) is 0 Å². The first-order valence-electron chi connectivity index (χ1n) is 8.35. The SMILES string of the molecule is CC=Cc1ccc(N(c2ccccc2)c2c(C)cccc2C)cc1. The van der Waals surface area contributed by atoms with Gasteiger partial charge in [0.15, 0.2) is 0 Å². The van der Waals surface area contributed by atoms with Crippen molar-refractivity contribution in [1.82, 2.24) is 0 Å². The van der Waals surface area contributed by atoms with Crippen molar-refractivity contribution in [3.8, 4) is 0 Å². The summed E-state index contributed by atoms with van der Waals surface area (Å²) in [5.74, 6) is 0. The molecule has 0 aliphatic rings. The number of hydrogen-bond donors (Lipinski definition) is 0. The third kappa shape index (κ3) is 3.26. The smallest absolute Gasteiger partial charge is 0.0519 e. The summed E-state index contributed by atoms with van der Waals surface area (Å²) in [6.45, 7) is 6.39.